The van der Waals surface area contributed by atoms with Crippen molar-refractivity contribution < 1.29 is 19.1 Å². The second-order valence-electron chi connectivity index (χ2n) is 10.2. The van der Waals surface area contributed by atoms with E-state index < -0.39 is 5.60 Å². The van der Waals surface area contributed by atoms with Crippen LogP contribution in [0.2, 0.25) is 0 Å². The number of H-pyrrole nitrogens is 1. The summed E-state index contributed by atoms with van der Waals surface area (Å²) < 4.78 is 14.3. The number of aromatic amines is 1. The summed E-state index contributed by atoms with van der Waals surface area (Å²) in [5.41, 5.74) is 2.34. The van der Waals surface area contributed by atoms with Gasteiger partial charge in [0.2, 0.25) is 0 Å². The Balaban J connectivity index is 0.00000264. The van der Waals surface area contributed by atoms with Crippen molar-refractivity contribution in [3.8, 4) is 22.9 Å². The van der Waals surface area contributed by atoms with Gasteiger partial charge in [0.05, 0.1) is 24.6 Å². The van der Waals surface area contributed by atoms with Crippen LogP contribution in [-0.2, 0) is 0 Å². The van der Waals surface area contributed by atoms with E-state index in [1.165, 1.54) is 12.8 Å². The Morgan fingerprint density at radius 1 is 1.16 bits per heavy atom. The molecule has 2 aromatic heterocycles. The molecule has 0 bridgehead atoms. The fraction of sp³-hybridized carbons (Fsp3) is 0.370. The Morgan fingerprint density at radius 3 is 2.68 bits per heavy atom. The molecule has 10 nitrogen and oxygen atoms in total. The van der Waals surface area contributed by atoms with Gasteiger partial charge in [-0.3, -0.25) is 9.59 Å². The first-order valence-electron chi connectivity index (χ1n) is 12.6. The maximum atomic E-state index is 13.5. The Bertz CT molecular complexity index is 1540. The van der Waals surface area contributed by atoms with E-state index >= 15 is 0 Å². The fourth-order valence-electron chi connectivity index (χ4n) is 5.69. The van der Waals surface area contributed by atoms with Gasteiger partial charge in [0.15, 0.2) is 11.6 Å². The van der Waals surface area contributed by atoms with Crippen LogP contribution in [0.25, 0.3) is 22.3 Å². The van der Waals surface area contributed by atoms with Crippen LogP contribution in [-0.4, -0.2) is 97.1 Å². The van der Waals surface area contributed by atoms with Crippen LogP contribution in [0.5, 0.6) is 11.5 Å². The second-order valence-corrected chi connectivity index (χ2v) is 10.2. The van der Waals surface area contributed by atoms with E-state index in [1.54, 1.807) is 19.2 Å². The normalized spacial score (nSPS) is 18.1. The van der Waals surface area contributed by atoms with Gasteiger partial charge in [0.1, 0.15) is 17.1 Å². The van der Waals surface area contributed by atoms with E-state index in [0.717, 1.165) is 16.5 Å². The number of carbonyl (C=O) groups is 2. The van der Waals surface area contributed by atoms with E-state index in [-0.39, 0.29) is 47.7 Å². The number of fused-ring (bicyclic) bond motifs is 2. The quantitative estimate of drug-likeness (QED) is 0.410. The zero-order chi connectivity index (χ0) is 25.1. The van der Waals surface area contributed by atoms with Gasteiger partial charge in [-0.1, -0.05) is 0 Å². The van der Waals surface area contributed by atoms with Crippen molar-refractivity contribution in [3.63, 3.8) is 0 Å². The number of rotatable bonds is 4. The summed E-state index contributed by atoms with van der Waals surface area (Å²) in [5, 5.41) is 14.9. The van der Waals surface area contributed by atoms with Crippen LogP contribution in [0.3, 0.4) is 0 Å². The second kappa shape index (κ2) is 9.52. The predicted molar refractivity (Wildman–Crippen MR) is 141 cm³/mol. The summed E-state index contributed by atoms with van der Waals surface area (Å²) in [7, 11) is 1.64. The number of carbonyl (C=O) groups excluding carboxylic acids is 2. The molecule has 2 aromatic carbocycles. The van der Waals surface area contributed by atoms with E-state index in [4.69, 9.17) is 9.47 Å². The molecule has 0 radical (unpaired) electrons. The number of ether oxygens (including phenoxy) is 2. The van der Waals surface area contributed by atoms with Crippen molar-refractivity contribution in [2.24, 2.45) is 0 Å². The molecule has 1 N–H and O–H groups in total. The number of methoxy groups -OCH3 is 1. The van der Waals surface area contributed by atoms with Gasteiger partial charge in [-0.2, -0.15) is 0 Å². The molecule has 1 amide bonds. The molecule has 0 unspecified atom stereocenters. The summed E-state index contributed by atoms with van der Waals surface area (Å²) in [6.45, 7) is 1.04. The Hall–Kier alpha value is -3.21. The van der Waals surface area contributed by atoms with Crippen LogP contribution in [0.4, 0.5) is 0 Å². The number of nitrogens with one attached hydrogen (secondary N) is 1. The number of ketones is 1. The number of aromatic nitrogens is 5. The first-order chi connectivity index (χ1) is 18.0. The first-order valence-corrected chi connectivity index (χ1v) is 12.6. The first kappa shape index (κ1) is 25.1. The van der Waals surface area contributed by atoms with Crippen molar-refractivity contribution in [1.29, 1.82) is 0 Å². The van der Waals surface area contributed by atoms with Gasteiger partial charge in [-0.05, 0) is 59.7 Å². The number of Topliss-reactive ketones (excluding diaryl/α,β-unsaturated/α-hetero) is 1. The monoisotopic (exact) mass is 522 g/mol. The third-order valence-electron chi connectivity index (χ3n) is 7.88. The molecule has 1 spiro atoms. The molecule has 38 heavy (non-hydrogen) atoms. The molecule has 1 aliphatic carbocycles. The topological polar surface area (TPSA) is 115 Å². The number of amides is 1. The van der Waals surface area contributed by atoms with Crippen LogP contribution >= 0.6 is 0 Å². The van der Waals surface area contributed by atoms with Crippen molar-refractivity contribution in [1.82, 2.24) is 30.1 Å². The van der Waals surface area contributed by atoms with Gasteiger partial charge in [0, 0.05) is 54.7 Å². The number of hydrogen-bond acceptors (Lipinski definition) is 7. The number of piperidine rings is 1. The molecule has 190 valence electrons. The summed E-state index contributed by atoms with van der Waals surface area (Å²) >= 11 is 0. The standard InChI is InChI=1S/C27H26N6O4.Na.H/c1-36-24-14-17(13-21-19(24)6-9-33(21)18-3-4-18)26(35)32-10-7-27(8-11-32)15-22(34)20-12-16(2-5-23(20)37-27)25-28-30-31-29-25;;/h2,5-6,9,12-14,18H,3-4,7-8,10-11,15H2,1H3,(H,28,29,30,31);;. The summed E-state index contributed by atoms with van der Waals surface area (Å²) in [6.07, 6.45) is 5.89. The Morgan fingerprint density at radius 2 is 1.97 bits per heavy atom. The zero-order valence-electron chi connectivity index (χ0n) is 20.4. The van der Waals surface area contributed by atoms with Gasteiger partial charge in [0.25, 0.3) is 5.91 Å². The molecular weight excluding hydrogens is 495 g/mol. The number of nitrogens with zero attached hydrogens (tertiary/aromatic N) is 5. The van der Waals surface area contributed by atoms with Gasteiger partial charge < -0.3 is 18.9 Å². The fourth-order valence-corrected chi connectivity index (χ4v) is 5.69. The summed E-state index contributed by atoms with van der Waals surface area (Å²) in [5.74, 6) is 1.80. The summed E-state index contributed by atoms with van der Waals surface area (Å²) in [6, 6.07) is 11.8. The molecule has 11 heteroatoms. The molecule has 7 rings (SSSR count). The molecule has 1 saturated heterocycles. The average molecular weight is 523 g/mol. The number of hydrogen-bond donors (Lipinski definition) is 1. The van der Waals surface area contributed by atoms with E-state index in [0.29, 0.717) is 60.4 Å². The number of tetrazole rings is 1. The van der Waals surface area contributed by atoms with Crippen molar-refractivity contribution in [2.75, 3.05) is 20.2 Å². The SMILES string of the molecule is COc1cc(C(=O)N2CCC3(CC2)CC(=O)c2cc(-c4nnn[nH]4)ccc2O3)cc2c1ccn2C1CC1.[NaH]. The minimum absolute atomic E-state index is 0. The van der Waals surface area contributed by atoms with E-state index in [1.807, 2.05) is 23.1 Å². The van der Waals surface area contributed by atoms with Gasteiger partial charge >= 0.3 is 29.6 Å². The third kappa shape index (κ3) is 4.20. The molecule has 3 aliphatic rings. The van der Waals surface area contributed by atoms with E-state index in [9.17, 15) is 9.59 Å². The van der Waals surface area contributed by atoms with E-state index in [2.05, 4.69) is 37.5 Å². The predicted octanol–water partition coefficient (Wildman–Crippen LogP) is 3.16. The minimum atomic E-state index is -0.599. The number of likely N-dealkylation sites (tertiary alicyclic amines) is 1. The average Bonchev–Trinajstić information content (AvgIpc) is 3.43. The molecular formula is C27H27N6NaO4. The zero-order valence-corrected chi connectivity index (χ0v) is 20.4. The van der Waals surface area contributed by atoms with Crippen molar-refractivity contribution >= 4 is 52.2 Å². The Labute approximate surface area is 241 Å². The Kier molecular flexibility index (Phi) is 6.28. The number of benzene rings is 2. The maximum absolute atomic E-state index is 13.5. The third-order valence-corrected chi connectivity index (χ3v) is 7.88. The molecule has 1 saturated carbocycles. The van der Waals surface area contributed by atoms with Crippen LogP contribution in [0, 0.1) is 0 Å². The van der Waals surface area contributed by atoms with Crippen molar-refractivity contribution in [3.05, 3.63) is 53.7 Å². The van der Waals surface area contributed by atoms with Crippen LogP contribution in [0.15, 0.2) is 42.6 Å². The van der Waals surface area contributed by atoms with Crippen molar-refractivity contribution in [2.45, 2.75) is 43.7 Å². The molecule has 0 atom stereocenters. The van der Waals surface area contributed by atoms with Gasteiger partial charge in [-0.15, -0.1) is 5.10 Å². The molecule has 2 fully saturated rings. The molecule has 2 aliphatic heterocycles. The summed E-state index contributed by atoms with van der Waals surface area (Å²) in [4.78, 5) is 28.5. The van der Waals surface area contributed by atoms with Crippen LogP contribution < -0.4 is 9.47 Å². The van der Waals surface area contributed by atoms with Crippen LogP contribution in [0.1, 0.15) is 58.9 Å². The van der Waals surface area contributed by atoms with Gasteiger partial charge in [-0.25, -0.2) is 5.10 Å². The molecule has 4 heterocycles. The molecule has 4 aromatic rings.